The largest absolute Gasteiger partial charge is 0.385 e. The smallest absolute Gasteiger partial charge is 0.200 e. The lowest BCUT2D eigenvalue weighted by Crippen LogP contribution is -2.31. The molecule has 1 rings (SSSR count). The van der Waals surface area contributed by atoms with Crippen molar-refractivity contribution in [3.8, 4) is 6.07 Å². The van der Waals surface area contributed by atoms with E-state index in [0.717, 1.165) is 18.9 Å². The zero-order chi connectivity index (χ0) is 12.7. The Balaban J connectivity index is 2.49. The Labute approximate surface area is 99.6 Å². The Morgan fingerprint density at radius 2 is 2.18 bits per heavy atom. The molecule has 1 aliphatic rings. The van der Waals surface area contributed by atoms with Crippen LogP contribution < -0.4 is 0 Å². The summed E-state index contributed by atoms with van der Waals surface area (Å²) < 4.78 is 12.4. The van der Waals surface area contributed by atoms with Gasteiger partial charge in [-0.05, 0) is 25.3 Å². The van der Waals surface area contributed by atoms with Gasteiger partial charge in [-0.15, -0.1) is 0 Å². The minimum Gasteiger partial charge on any atom is -0.385 e. The lowest BCUT2D eigenvalue weighted by Gasteiger charge is -2.21. The summed E-state index contributed by atoms with van der Waals surface area (Å²) >= 11 is 0. The number of rotatable bonds is 3. The predicted molar refractivity (Wildman–Crippen MR) is 61.4 cm³/mol. The molecule has 0 bridgehead atoms. The SMILES string of the molecule is N#C/C(F)=C/C=C\C=C\[C@@H]1CCC[C@H](O)C1=O. The van der Waals surface area contributed by atoms with E-state index in [-0.39, 0.29) is 11.7 Å². The van der Waals surface area contributed by atoms with Gasteiger partial charge in [-0.3, -0.25) is 4.79 Å². The number of hydrogen-bond donors (Lipinski definition) is 1. The summed E-state index contributed by atoms with van der Waals surface area (Å²) in [6.45, 7) is 0. The quantitative estimate of drug-likeness (QED) is 0.602. The molecule has 90 valence electrons. The van der Waals surface area contributed by atoms with E-state index in [4.69, 9.17) is 5.26 Å². The predicted octanol–water partition coefficient (Wildman–Crippen LogP) is 2.21. The molecule has 0 aliphatic heterocycles. The van der Waals surface area contributed by atoms with Crippen LogP contribution >= 0.6 is 0 Å². The first kappa shape index (κ1) is 13.3. The maximum Gasteiger partial charge on any atom is 0.200 e. The van der Waals surface area contributed by atoms with Gasteiger partial charge in [0.25, 0.3) is 0 Å². The Morgan fingerprint density at radius 3 is 2.88 bits per heavy atom. The van der Waals surface area contributed by atoms with Crippen LogP contribution in [0, 0.1) is 17.2 Å². The van der Waals surface area contributed by atoms with E-state index in [0.29, 0.717) is 6.42 Å². The molecule has 1 aliphatic carbocycles. The topological polar surface area (TPSA) is 61.1 Å². The minimum absolute atomic E-state index is 0.153. The third-order valence-electron chi connectivity index (χ3n) is 2.60. The molecule has 0 aromatic carbocycles. The van der Waals surface area contributed by atoms with Crippen molar-refractivity contribution in [2.75, 3.05) is 0 Å². The Morgan fingerprint density at radius 1 is 1.41 bits per heavy atom. The van der Waals surface area contributed by atoms with Gasteiger partial charge in [0, 0.05) is 5.92 Å². The molecule has 0 heterocycles. The van der Waals surface area contributed by atoms with Crippen molar-refractivity contribution < 1.29 is 14.3 Å². The molecule has 1 saturated carbocycles. The van der Waals surface area contributed by atoms with E-state index in [2.05, 4.69) is 0 Å². The van der Waals surface area contributed by atoms with E-state index in [1.54, 1.807) is 18.2 Å². The molecule has 1 N–H and O–H groups in total. The fourth-order valence-corrected chi connectivity index (χ4v) is 1.69. The van der Waals surface area contributed by atoms with Gasteiger partial charge < -0.3 is 5.11 Å². The second kappa shape index (κ2) is 6.77. The number of carbonyl (C=O) groups excluding carboxylic acids is 1. The molecular weight excluding hydrogens is 221 g/mol. The lowest BCUT2D eigenvalue weighted by atomic mass is 9.86. The second-order valence-electron chi connectivity index (χ2n) is 3.85. The average molecular weight is 235 g/mol. The lowest BCUT2D eigenvalue weighted by molar-refractivity contribution is -0.132. The van der Waals surface area contributed by atoms with Crippen LogP contribution in [0.2, 0.25) is 0 Å². The first-order valence-electron chi connectivity index (χ1n) is 5.47. The number of halogens is 1. The maximum absolute atomic E-state index is 12.4. The molecule has 2 atom stereocenters. The van der Waals surface area contributed by atoms with Crippen molar-refractivity contribution in [2.45, 2.75) is 25.4 Å². The number of aliphatic hydroxyl groups is 1. The molecule has 0 unspecified atom stereocenters. The Bertz CT molecular complexity index is 404. The first-order valence-corrected chi connectivity index (χ1v) is 5.47. The number of ketones is 1. The van der Waals surface area contributed by atoms with Gasteiger partial charge in [0.15, 0.2) is 11.6 Å². The number of carbonyl (C=O) groups is 1. The summed E-state index contributed by atoms with van der Waals surface area (Å²) in [7, 11) is 0. The van der Waals surface area contributed by atoms with Crippen molar-refractivity contribution in [1.82, 2.24) is 0 Å². The molecule has 0 amide bonds. The van der Waals surface area contributed by atoms with E-state index < -0.39 is 11.9 Å². The van der Waals surface area contributed by atoms with Crippen LogP contribution in [-0.4, -0.2) is 17.0 Å². The van der Waals surface area contributed by atoms with Crippen molar-refractivity contribution in [1.29, 1.82) is 5.26 Å². The van der Waals surface area contributed by atoms with Gasteiger partial charge in [-0.25, -0.2) is 0 Å². The Hall–Kier alpha value is -1.73. The van der Waals surface area contributed by atoms with Crippen molar-refractivity contribution in [3.05, 3.63) is 36.2 Å². The fourth-order valence-electron chi connectivity index (χ4n) is 1.69. The van der Waals surface area contributed by atoms with Gasteiger partial charge in [0.1, 0.15) is 12.2 Å². The average Bonchev–Trinajstić information content (AvgIpc) is 2.33. The highest BCUT2D eigenvalue weighted by atomic mass is 19.1. The van der Waals surface area contributed by atoms with Crippen molar-refractivity contribution in [2.24, 2.45) is 5.92 Å². The number of Topliss-reactive ketones (excluding diaryl/α,β-unsaturated/α-hetero) is 1. The number of aliphatic hydroxyl groups excluding tert-OH is 1. The molecule has 0 spiro atoms. The number of allylic oxidation sites excluding steroid dienone is 6. The summed E-state index contributed by atoms with van der Waals surface area (Å²) in [5, 5.41) is 17.5. The van der Waals surface area contributed by atoms with Gasteiger partial charge >= 0.3 is 0 Å². The first-order chi connectivity index (χ1) is 8.15. The van der Waals surface area contributed by atoms with Crippen molar-refractivity contribution in [3.63, 3.8) is 0 Å². The standard InChI is InChI=1S/C13H14FNO2/c14-11(9-15)7-3-1-2-5-10-6-4-8-12(16)13(10)17/h1-3,5,7,10,12,16H,4,6,8H2/b3-1-,5-2+,11-7-/t10-,12+/m1/s1. The summed E-state index contributed by atoms with van der Waals surface area (Å²) in [4.78, 5) is 11.5. The molecule has 4 heteroatoms. The zero-order valence-electron chi connectivity index (χ0n) is 9.34. The highest BCUT2D eigenvalue weighted by Crippen LogP contribution is 2.22. The van der Waals surface area contributed by atoms with Crippen LogP contribution in [0.4, 0.5) is 4.39 Å². The van der Waals surface area contributed by atoms with E-state index in [9.17, 15) is 14.3 Å². The van der Waals surface area contributed by atoms with Crippen LogP contribution in [0.15, 0.2) is 36.2 Å². The summed E-state index contributed by atoms with van der Waals surface area (Å²) in [6, 6.07) is 1.35. The maximum atomic E-state index is 12.4. The molecule has 17 heavy (non-hydrogen) atoms. The van der Waals surface area contributed by atoms with Gasteiger partial charge in [-0.1, -0.05) is 24.3 Å². The van der Waals surface area contributed by atoms with Crippen molar-refractivity contribution >= 4 is 5.78 Å². The highest BCUT2D eigenvalue weighted by molar-refractivity contribution is 5.87. The fraction of sp³-hybridized carbons (Fsp3) is 0.385. The number of hydrogen-bond acceptors (Lipinski definition) is 3. The zero-order valence-corrected chi connectivity index (χ0v) is 9.34. The summed E-state index contributed by atoms with van der Waals surface area (Å²) in [5.74, 6) is -1.27. The van der Waals surface area contributed by atoms with Gasteiger partial charge in [-0.2, -0.15) is 9.65 Å². The molecule has 3 nitrogen and oxygen atoms in total. The normalized spacial score (nSPS) is 26.6. The van der Waals surface area contributed by atoms with Crippen LogP contribution in [0.5, 0.6) is 0 Å². The highest BCUT2D eigenvalue weighted by Gasteiger charge is 2.27. The van der Waals surface area contributed by atoms with E-state index in [1.165, 1.54) is 12.1 Å². The molecular formula is C13H14FNO2. The van der Waals surface area contributed by atoms with Crippen LogP contribution in [-0.2, 0) is 4.79 Å². The Kier molecular flexibility index (Phi) is 5.31. The molecule has 0 aromatic heterocycles. The summed E-state index contributed by atoms with van der Waals surface area (Å²) in [5.41, 5.74) is 0. The number of nitriles is 1. The van der Waals surface area contributed by atoms with E-state index in [1.807, 2.05) is 0 Å². The second-order valence-corrected chi connectivity index (χ2v) is 3.85. The molecule has 1 fully saturated rings. The van der Waals surface area contributed by atoms with Gasteiger partial charge in [0.05, 0.1) is 0 Å². The number of nitrogens with zero attached hydrogens (tertiary/aromatic N) is 1. The van der Waals surface area contributed by atoms with Crippen LogP contribution in [0.3, 0.4) is 0 Å². The molecule has 0 saturated heterocycles. The monoisotopic (exact) mass is 235 g/mol. The summed E-state index contributed by atoms with van der Waals surface area (Å²) in [6.07, 6.45) is 8.55. The molecule has 0 aromatic rings. The van der Waals surface area contributed by atoms with Crippen LogP contribution in [0.25, 0.3) is 0 Å². The van der Waals surface area contributed by atoms with Crippen LogP contribution in [0.1, 0.15) is 19.3 Å². The van der Waals surface area contributed by atoms with Gasteiger partial charge in [0.2, 0.25) is 0 Å². The third-order valence-corrected chi connectivity index (χ3v) is 2.60. The molecule has 0 radical (unpaired) electrons. The minimum atomic E-state index is -0.862. The van der Waals surface area contributed by atoms with E-state index >= 15 is 0 Å². The third kappa shape index (κ3) is 4.33.